The summed E-state index contributed by atoms with van der Waals surface area (Å²) in [4.78, 5) is 15.0. The topological polar surface area (TPSA) is 73.7 Å². The summed E-state index contributed by atoms with van der Waals surface area (Å²) >= 11 is 4.82. The minimum absolute atomic E-state index is 0.227. The molecule has 1 aromatic rings. The SMILES string of the molecule is O=C(O)c1ccccc1C1N=C([S-])NN1. The first kappa shape index (κ1) is 9.88. The fraction of sp³-hybridized carbons (Fsp3) is 0.111. The second-order valence-corrected chi connectivity index (χ2v) is 3.39. The van der Waals surface area contributed by atoms with Gasteiger partial charge in [0, 0.05) is 5.56 Å². The number of nitrogens with one attached hydrogen (secondary N) is 2. The molecule has 15 heavy (non-hydrogen) atoms. The molecule has 0 radical (unpaired) electrons. The molecule has 0 fully saturated rings. The van der Waals surface area contributed by atoms with Crippen molar-refractivity contribution in [3.63, 3.8) is 0 Å². The number of nitrogens with zero attached hydrogens (tertiary/aromatic N) is 1. The molecule has 1 unspecified atom stereocenters. The summed E-state index contributed by atoms with van der Waals surface area (Å²) in [7, 11) is 0. The highest BCUT2D eigenvalue weighted by molar-refractivity contribution is 7.77. The van der Waals surface area contributed by atoms with Crippen molar-refractivity contribution in [2.45, 2.75) is 6.17 Å². The van der Waals surface area contributed by atoms with Gasteiger partial charge in [0.1, 0.15) is 6.17 Å². The second-order valence-electron chi connectivity index (χ2n) is 3.00. The van der Waals surface area contributed by atoms with Crippen molar-refractivity contribution < 1.29 is 9.90 Å². The highest BCUT2D eigenvalue weighted by Crippen LogP contribution is 2.20. The highest BCUT2D eigenvalue weighted by Gasteiger charge is 2.19. The third kappa shape index (κ3) is 1.90. The predicted octanol–water partition coefficient (Wildman–Crippen LogP) is 0.394. The summed E-state index contributed by atoms with van der Waals surface area (Å²) < 4.78 is 0. The van der Waals surface area contributed by atoms with Gasteiger partial charge in [-0.15, -0.1) is 0 Å². The molecule has 2 rings (SSSR count). The Balaban J connectivity index is 2.40. The van der Waals surface area contributed by atoms with Gasteiger partial charge in [-0.3, -0.25) is 4.99 Å². The third-order valence-electron chi connectivity index (χ3n) is 2.05. The first-order valence-corrected chi connectivity index (χ1v) is 4.68. The summed E-state index contributed by atoms with van der Waals surface area (Å²) in [5.74, 6) is -0.972. The van der Waals surface area contributed by atoms with Gasteiger partial charge in [-0.05, 0) is 11.2 Å². The number of hydrogen-bond acceptors (Lipinski definition) is 5. The summed E-state index contributed by atoms with van der Waals surface area (Å²) in [6.07, 6.45) is -0.426. The van der Waals surface area contributed by atoms with Crippen LogP contribution in [-0.2, 0) is 12.6 Å². The van der Waals surface area contributed by atoms with Crippen LogP contribution in [0.25, 0.3) is 0 Å². The molecular weight excluding hydrogens is 214 g/mol. The normalized spacial score (nSPS) is 19.5. The highest BCUT2D eigenvalue weighted by atomic mass is 32.1. The number of aromatic carboxylic acids is 1. The van der Waals surface area contributed by atoms with E-state index in [1.54, 1.807) is 18.2 Å². The Bertz CT molecular complexity index is 433. The molecule has 1 aliphatic heterocycles. The summed E-state index contributed by atoms with van der Waals surface area (Å²) in [6.45, 7) is 0. The van der Waals surface area contributed by atoms with Gasteiger partial charge >= 0.3 is 5.97 Å². The Morgan fingerprint density at radius 3 is 2.80 bits per heavy atom. The molecule has 1 heterocycles. The average Bonchev–Trinajstić information content (AvgIpc) is 2.65. The Labute approximate surface area is 91.6 Å². The molecule has 5 nitrogen and oxygen atoms in total. The first-order valence-electron chi connectivity index (χ1n) is 4.27. The van der Waals surface area contributed by atoms with Crippen LogP contribution in [0, 0.1) is 0 Å². The Morgan fingerprint density at radius 1 is 1.47 bits per heavy atom. The van der Waals surface area contributed by atoms with Gasteiger partial charge in [0.2, 0.25) is 0 Å². The van der Waals surface area contributed by atoms with Crippen molar-refractivity contribution in [3.05, 3.63) is 35.4 Å². The molecule has 0 saturated carbocycles. The van der Waals surface area contributed by atoms with Crippen molar-refractivity contribution in [1.29, 1.82) is 0 Å². The molecule has 0 amide bonds. The molecule has 0 aliphatic carbocycles. The number of carboxylic acid groups (broad SMARTS) is 1. The van der Waals surface area contributed by atoms with Crippen LogP contribution >= 0.6 is 0 Å². The fourth-order valence-electron chi connectivity index (χ4n) is 1.39. The Morgan fingerprint density at radius 2 is 2.20 bits per heavy atom. The number of carboxylic acids is 1. The molecule has 1 aromatic carbocycles. The van der Waals surface area contributed by atoms with Crippen molar-refractivity contribution in [2.24, 2.45) is 4.99 Å². The number of rotatable bonds is 2. The van der Waals surface area contributed by atoms with Gasteiger partial charge in [-0.1, -0.05) is 18.2 Å². The number of amidine groups is 1. The molecular formula is C9H8N3O2S-. The van der Waals surface area contributed by atoms with Crippen LogP contribution in [0.3, 0.4) is 0 Å². The van der Waals surface area contributed by atoms with Crippen LogP contribution in [0.15, 0.2) is 29.3 Å². The minimum atomic E-state index is -0.972. The van der Waals surface area contributed by atoms with Crippen LogP contribution in [0.4, 0.5) is 0 Å². The van der Waals surface area contributed by atoms with Gasteiger partial charge in [0.25, 0.3) is 0 Å². The number of aliphatic imine (C=N–C) groups is 1. The summed E-state index contributed by atoms with van der Waals surface area (Å²) in [5.41, 5.74) is 6.27. The zero-order valence-electron chi connectivity index (χ0n) is 7.60. The van der Waals surface area contributed by atoms with Gasteiger partial charge in [0.05, 0.1) is 5.56 Å². The standard InChI is InChI=1S/C9H9N3O2S/c13-8(14)6-4-2-1-3-5(6)7-10-9(15)12-11-7/h1-4,7,11H,(H,13,14)(H2,10,12,15)/p-1. The van der Waals surface area contributed by atoms with E-state index < -0.39 is 12.1 Å². The smallest absolute Gasteiger partial charge is 0.336 e. The molecule has 1 atom stereocenters. The van der Waals surface area contributed by atoms with Crippen LogP contribution < -0.4 is 10.9 Å². The van der Waals surface area contributed by atoms with Crippen molar-refractivity contribution in [1.82, 2.24) is 10.9 Å². The van der Waals surface area contributed by atoms with E-state index in [1.165, 1.54) is 6.07 Å². The van der Waals surface area contributed by atoms with Crippen molar-refractivity contribution >= 4 is 23.8 Å². The van der Waals surface area contributed by atoms with Crippen LogP contribution in [0.5, 0.6) is 0 Å². The average molecular weight is 222 g/mol. The van der Waals surface area contributed by atoms with E-state index in [4.69, 9.17) is 17.7 Å². The maximum absolute atomic E-state index is 10.9. The van der Waals surface area contributed by atoms with Gasteiger partial charge < -0.3 is 23.2 Å². The molecule has 0 aromatic heterocycles. The van der Waals surface area contributed by atoms with Gasteiger partial charge in [-0.25, -0.2) is 10.2 Å². The molecule has 0 spiro atoms. The second kappa shape index (κ2) is 3.84. The van der Waals surface area contributed by atoms with E-state index in [0.29, 0.717) is 10.7 Å². The summed E-state index contributed by atoms with van der Waals surface area (Å²) in [5, 5.41) is 9.30. The molecule has 0 bridgehead atoms. The third-order valence-corrected chi connectivity index (χ3v) is 2.26. The number of carbonyl (C=O) groups is 1. The van der Waals surface area contributed by atoms with Gasteiger partial charge in [0.15, 0.2) is 0 Å². The lowest BCUT2D eigenvalue weighted by atomic mass is 10.1. The van der Waals surface area contributed by atoms with E-state index >= 15 is 0 Å². The van der Waals surface area contributed by atoms with E-state index in [-0.39, 0.29) is 5.56 Å². The lowest BCUT2D eigenvalue weighted by Crippen LogP contribution is -2.30. The van der Waals surface area contributed by atoms with Gasteiger partial charge in [-0.2, -0.15) is 0 Å². The first-order chi connectivity index (χ1) is 7.18. The molecule has 3 N–H and O–H groups in total. The monoisotopic (exact) mass is 222 g/mol. The molecule has 0 saturated heterocycles. The molecule has 6 heteroatoms. The molecule has 78 valence electrons. The fourth-order valence-corrected chi connectivity index (χ4v) is 1.55. The van der Waals surface area contributed by atoms with E-state index in [2.05, 4.69) is 15.8 Å². The van der Waals surface area contributed by atoms with Crippen LogP contribution in [0.1, 0.15) is 22.1 Å². The molecule has 1 aliphatic rings. The minimum Gasteiger partial charge on any atom is -0.742 e. The summed E-state index contributed by atoms with van der Waals surface area (Å²) in [6, 6.07) is 6.68. The van der Waals surface area contributed by atoms with E-state index in [1.807, 2.05) is 0 Å². The number of hydrazine groups is 1. The largest absolute Gasteiger partial charge is 0.742 e. The lowest BCUT2D eigenvalue weighted by Gasteiger charge is -2.10. The zero-order valence-corrected chi connectivity index (χ0v) is 8.41. The maximum Gasteiger partial charge on any atom is 0.336 e. The maximum atomic E-state index is 10.9. The number of benzene rings is 1. The Kier molecular flexibility index (Phi) is 2.53. The van der Waals surface area contributed by atoms with Crippen molar-refractivity contribution in [2.75, 3.05) is 0 Å². The van der Waals surface area contributed by atoms with Crippen LogP contribution in [-0.4, -0.2) is 16.2 Å². The van der Waals surface area contributed by atoms with Crippen LogP contribution in [0.2, 0.25) is 0 Å². The predicted molar refractivity (Wildman–Crippen MR) is 57.2 cm³/mol. The zero-order chi connectivity index (χ0) is 10.8. The van der Waals surface area contributed by atoms with Crippen molar-refractivity contribution in [3.8, 4) is 0 Å². The Hall–Kier alpha value is -1.66. The van der Waals surface area contributed by atoms with E-state index in [9.17, 15) is 4.79 Å². The van der Waals surface area contributed by atoms with E-state index in [0.717, 1.165) is 0 Å². The number of hydrogen-bond donors (Lipinski definition) is 3. The lowest BCUT2D eigenvalue weighted by molar-refractivity contribution is 0.0695. The quantitative estimate of drug-likeness (QED) is 0.631.